The molecule has 3 rings (SSSR count). The maximum absolute atomic E-state index is 2.64. The molecular formula is C21H31ClN2Si. The first-order valence-corrected chi connectivity index (χ1v) is 11.9. The molecule has 0 spiro atoms. The third kappa shape index (κ3) is 5.17. The van der Waals surface area contributed by atoms with Crippen molar-refractivity contribution in [2.75, 3.05) is 39.8 Å². The van der Waals surface area contributed by atoms with E-state index in [4.69, 9.17) is 0 Å². The first kappa shape index (κ1) is 20.2. The van der Waals surface area contributed by atoms with Gasteiger partial charge in [-0.2, -0.15) is 0 Å². The Kier molecular flexibility index (Phi) is 7.70. The molecule has 1 saturated heterocycles. The summed E-state index contributed by atoms with van der Waals surface area (Å²) < 4.78 is 0. The minimum absolute atomic E-state index is 0. The Labute approximate surface area is 160 Å². The maximum atomic E-state index is 2.64. The average molecular weight is 375 g/mol. The molecule has 0 aliphatic carbocycles. The molecule has 2 nitrogen and oxygen atoms in total. The van der Waals surface area contributed by atoms with Crippen molar-refractivity contribution in [2.45, 2.75) is 19.0 Å². The van der Waals surface area contributed by atoms with Crippen LogP contribution >= 0.6 is 12.4 Å². The number of hydrogen-bond donors (Lipinski definition) is 0. The lowest BCUT2D eigenvalue weighted by molar-refractivity contribution is 0.154. The van der Waals surface area contributed by atoms with Gasteiger partial charge in [0, 0.05) is 26.2 Å². The number of benzene rings is 2. The summed E-state index contributed by atoms with van der Waals surface area (Å²) in [5.74, 6) is 0. The molecule has 2 aromatic rings. The highest BCUT2D eigenvalue weighted by Gasteiger charge is 2.31. The van der Waals surface area contributed by atoms with E-state index in [0.717, 1.165) is 0 Å². The molecule has 136 valence electrons. The van der Waals surface area contributed by atoms with Gasteiger partial charge in [0.25, 0.3) is 0 Å². The second-order valence-electron chi connectivity index (χ2n) is 7.31. The van der Waals surface area contributed by atoms with Crippen molar-refractivity contribution in [3.8, 4) is 0 Å². The number of likely N-dealkylation sites (N-methyl/N-ethyl adjacent to an activating group) is 1. The van der Waals surface area contributed by atoms with Crippen molar-refractivity contribution in [2.24, 2.45) is 0 Å². The molecule has 0 bridgehead atoms. The molecular weight excluding hydrogens is 344 g/mol. The van der Waals surface area contributed by atoms with E-state index in [9.17, 15) is 0 Å². The van der Waals surface area contributed by atoms with Gasteiger partial charge < -0.3 is 9.80 Å². The Hall–Kier alpha value is -1.13. The summed E-state index contributed by atoms with van der Waals surface area (Å²) in [6.07, 6.45) is 1.30. The molecule has 4 heteroatoms. The third-order valence-corrected chi connectivity index (χ3v) is 10.1. The van der Waals surface area contributed by atoms with Crippen LogP contribution < -0.4 is 10.4 Å². The molecule has 1 fully saturated rings. The van der Waals surface area contributed by atoms with E-state index >= 15 is 0 Å². The lowest BCUT2D eigenvalue weighted by atomic mass is 10.3. The fourth-order valence-electron chi connectivity index (χ4n) is 3.80. The van der Waals surface area contributed by atoms with Gasteiger partial charge in [0.15, 0.2) is 0 Å². The van der Waals surface area contributed by atoms with Gasteiger partial charge in [-0.1, -0.05) is 77.6 Å². The minimum atomic E-state index is -1.64. The summed E-state index contributed by atoms with van der Waals surface area (Å²) in [5, 5.41) is 3.13. The van der Waals surface area contributed by atoms with Crippen LogP contribution in [0.1, 0.15) is 6.42 Å². The number of hydrogen-bond acceptors (Lipinski definition) is 2. The second-order valence-corrected chi connectivity index (χ2v) is 11.6. The smallest absolute Gasteiger partial charge is 0.115 e. The molecule has 0 saturated carbocycles. The van der Waals surface area contributed by atoms with Crippen LogP contribution in [-0.4, -0.2) is 57.6 Å². The lowest BCUT2D eigenvalue weighted by Gasteiger charge is -2.34. The quantitative estimate of drug-likeness (QED) is 0.717. The first-order valence-electron chi connectivity index (χ1n) is 9.20. The summed E-state index contributed by atoms with van der Waals surface area (Å²) in [4.78, 5) is 5.08. The molecule has 2 aromatic carbocycles. The molecule has 1 aliphatic heterocycles. The molecule has 0 amide bonds. The summed E-state index contributed by atoms with van der Waals surface area (Å²) in [6, 6.07) is 23.8. The third-order valence-electron chi connectivity index (χ3n) is 5.57. The van der Waals surface area contributed by atoms with Crippen LogP contribution in [0.2, 0.25) is 12.6 Å². The van der Waals surface area contributed by atoms with Crippen LogP contribution in [0, 0.1) is 0 Å². The Bertz CT molecular complexity index is 573. The van der Waals surface area contributed by atoms with Crippen LogP contribution in [0.15, 0.2) is 60.7 Å². The van der Waals surface area contributed by atoms with E-state index < -0.39 is 8.07 Å². The van der Waals surface area contributed by atoms with Crippen molar-refractivity contribution in [3.63, 3.8) is 0 Å². The zero-order chi connectivity index (χ0) is 16.8. The predicted octanol–water partition coefficient (Wildman–Crippen LogP) is 2.94. The topological polar surface area (TPSA) is 6.48 Å². The van der Waals surface area contributed by atoms with Crippen LogP contribution in [-0.2, 0) is 0 Å². The van der Waals surface area contributed by atoms with Crippen LogP contribution in [0.5, 0.6) is 0 Å². The molecule has 0 aromatic heterocycles. The van der Waals surface area contributed by atoms with Crippen molar-refractivity contribution in [1.29, 1.82) is 0 Å². The Morgan fingerprint density at radius 3 is 1.76 bits per heavy atom. The van der Waals surface area contributed by atoms with E-state index in [1.54, 1.807) is 10.4 Å². The maximum Gasteiger partial charge on any atom is 0.115 e. The standard InChI is InChI=1S/C21H30N2Si.ClH/c1-22-15-17-23(18-16-22)14-9-19-24(2,20-10-5-3-6-11-20)21-12-7-4-8-13-21;/h3-8,10-13H,9,14-19H2,1-2H3;1H. The van der Waals surface area contributed by atoms with E-state index in [0.29, 0.717) is 0 Å². The summed E-state index contributed by atoms with van der Waals surface area (Å²) in [6.45, 7) is 8.67. The molecule has 1 heterocycles. The van der Waals surface area contributed by atoms with Gasteiger partial charge in [-0.25, -0.2) is 0 Å². The van der Waals surface area contributed by atoms with Gasteiger partial charge in [-0.3, -0.25) is 0 Å². The zero-order valence-electron chi connectivity index (χ0n) is 15.5. The molecule has 0 unspecified atom stereocenters. The van der Waals surface area contributed by atoms with Crippen molar-refractivity contribution in [3.05, 3.63) is 60.7 Å². The number of nitrogens with zero attached hydrogens (tertiary/aromatic N) is 2. The highest BCUT2D eigenvalue weighted by Crippen LogP contribution is 2.15. The van der Waals surface area contributed by atoms with E-state index in [2.05, 4.69) is 84.1 Å². The second kappa shape index (κ2) is 9.53. The van der Waals surface area contributed by atoms with Gasteiger partial charge in [0.05, 0.1) is 0 Å². The fourth-order valence-corrected chi connectivity index (χ4v) is 7.43. The zero-order valence-corrected chi connectivity index (χ0v) is 17.3. The summed E-state index contributed by atoms with van der Waals surface area (Å²) in [5.41, 5.74) is 0. The Balaban J connectivity index is 0.00000225. The first-order chi connectivity index (χ1) is 11.7. The van der Waals surface area contributed by atoms with Gasteiger partial charge in [0.2, 0.25) is 0 Å². The SMILES string of the molecule is CN1CCN(CCC[Si](C)(c2ccccc2)c2ccccc2)CC1.Cl. The summed E-state index contributed by atoms with van der Waals surface area (Å²) in [7, 11) is 0.592. The summed E-state index contributed by atoms with van der Waals surface area (Å²) >= 11 is 0. The molecule has 0 radical (unpaired) electrons. The molecule has 1 aliphatic rings. The van der Waals surface area contributed by atoms with Gasteiger partial charge >= 0.3 is 0 Å². The monoisotopic (exact) mass is 374 g/mol. The number of rotatable bonds is 6. The van der Waals surface area contributed by atoms with E-state index in [-0.39, 0.29) is 12.4 Å². The van der Waals surface area contributed by atoms with E-state index in [1.807, 2.05) is 0 Å². The molecule has 25 heavy (non-hydrogen) atoms. The Morgan fingerprint density at radius 1 is 0.800 bits per heavy atom. The number of halogens is 1. The van der Waals surface area contributed by atoms with Gasteiger partial charge in [-0.05, 0) is 26.1 Å². The van der Waals surface area contributed by atoms with Gasteiger partial charge in [-0.15, -0.1) is 12.4 Å². The largest absolute Gasteiger partial charge is 0.304 e. The van der Waals surface area contributed by atoms with Crippen molar-refractivity contribution in [1.82, 2.24) is 9.80 Å². The van der Waals surface area contributed by atoms with Crippen LogP contribution in [0.3, 0.4) is 0 Å². The van der Waals surface area contributed by atoms with E-state index in [1.165, 1.54) is 45.2 Å². The number of piperazine rings is 1. The highest BCUT2D eigenvalue weighted by molar-refractivity contribution is 7.01. The van der Waals surface area contributed by atoms with Gasteiger partial charge in [0.1, 0.15) is 8.07 Å². The minimum Gasteiger partial charge on any atom is -0.304 e. The Morgan fingerprint density at radius 2 is 1.28 bits per heavy atom. The van der Waals surface area contributed by atoms with Crippen LogP contribution in [0.4, 0.5) is 0 Å². The van der Waals surface area contributed by atoms with Crippen molar-refractivity contribution >= 4 is 30.9 Å². The molecule has 0 N–H and O–H groups in total. The fraction of sp³-hybridized carbons (Fsp3) is 0.429. The van der Waals surface area contributed by atoms with Crippen LogP contribution in [0.25, 0.3) is 0 Å². The average Bonchev–Trinajstić information content (AvgIpc) is 2.65. The molecule has 0 atom stereocenters. The predicted molar refractivity (Wildman–Crippen MR) is 114 cm³/mol. The lowest BCUT2D eigenvalue weighted by Crippen LogP contribution is -2.55. The van der Waals surface area contributed by atoms with Crippen molar-refractivity contribution < 1.29 is 0 Å². The normalized spacial score (nSPS) is 16.4. The highest BCUT2D eigenvalue weighted by atomic mass is 35.5.